The number of benzene rings is 1. The Balaban J connectivity index is 2.34. The molecule has 1 aromatic carbocycles. The van der Waals surface area contributed by atoms with Gasteiger partial charge in [0.2, 0.25) is 6.04 Å². The van der Waals surface area contributed by atoms with E-state index in [1.54, 1.807) is 6.08 Å². The highest BCUT2D eigenvalue weighted by molar-refractivity contribution is 9.12. The normalized spacial score (nSPS) is 23.3. The van der Waals surface area contributed by atoms with E-state index in [2.05, 4.69) is 31.9 Å². The largest absolute Gasteiger partial charge is 0.264 e. The standard InChI is InChI=1S/C12H9Br2NO2/c13-9-3-1-8(2-4-9)11-6-5-10(14)7-12(11)15(16)17/h1-7,11-12H. The van der Waals surface area contributed by atoms with Crippen LogP contribution < -0.4 is 0 Å². The minimum Gasteiger partial charge on any atom is -0.264 e. The lowest BCUT2D eigenvalue weighted by molar-refractivity contribution is -0.511. The molecule has 0 spiro atoms. The van der Waals surface area contributed by atoms with Crippen molar-refractivity contribution >= 4 is 31.9 Å². The third-order valence-electron chi connectivity index (χ3n) is 2.66. The van der Waals surface area contributed by atoms with Gasteiger partial charge in [0.1, 0.15) is 0 Å². The highest BCUT2D eigenvalue weighted by Crippen LogP contribution is 2.31. The van der Waals surface area contributed by atoms with E-state index in [0.717, 1.165) is 14.5 Å². The highest BCUT2D eigenvalue weighted by atomic mass is 79.9. The summed E-state index contributed by atoms with van der Waals surface area (Å²) in [5.41, 5.74) is 0.947. The number of hydrogen-bond acceptors (Lipinski definition) is 2. The van der Waals surface area contributed by atoms with Crippen LogP contribution in [0.3, 0.4) is 0 Å². The predicted molar refractivity (Wildman–Crippen MR) is 73.8 cm³/mol. The first kappa shape index (κ1) is 12.5. The van der Waals surface area contributed by atoms with E-state index in [-0.39, 0.29) is 10.8 Å². The maximum Gasteiger partial charge on any atom is 0.242 e. The lowest BCUT2D eigenvalue weighted by atomic mass is 9.89. The molecule has 0 N–H and O–H groups in total. The fourth-order valence-electron chi connectivity index (χ4n) is 1.82. The Morgan fingerprint density at radius 3 is 2.41 bits per heavy atom. The van der Waals surface area contributed by atoms with Crippen molar-refractivity contribution in [2.45, 2.75) is 12.0 Å². The van der Waals surface area contributed by atoms with Gasteiger partial charge in [-0.15, -0.1) is 0 Å². The summed E-state index contributed by atoms with van der Waals surface area (Å²) in [6.07, 6.45) is 5.35. The molecule has 88 valence electrons. The maximum atomic E-state index is 11.0. The van der Waals surface area contributed by atoms with Crippen molar-refractivity contribution < 1.29 is 4.92 Å². The Bertz CT molecular complexity index is 494. The number of allylic oxidation sites excluding steroid dienone is 2. The molecule has 1 aliphatic rings. The molecule has 0 radical (unpaired) electrons. The van der Waals surface area contributed by atoms with Crippen molar-refractivity contribution in [3.8, 4) is 0 Å². The summed E-state index contributed by atoms with van der Waals surface area (Å²) in [5.74, 6) is -0.209. The van der Waals surface area contributed by atoms with Gasteiger partial charge in [-0.2, -0.15) is 0 Å². The summed E-state index contributed by atoms with van der Waals surface area (Å²) in [6.45, 7) is 0. The molecule has 3 nitrogen and oxygen atoms in total. The van der Waals surface area contributed by atoms with Gasteiger partial charge in [-0.1, -0.05) is 56.1 Å². The van der Waals surface area contributed by atoms with Crippen molar-refractivity contribution in [2.24, 2.45) is 0 Å². The van der Waals surface area contributed by atoms with E-state index in [1.165, 1.54) is 0 Å². The van der Waals surface area contributed by atoms with Crippen LogP contribution in [-0.4, -0.2) is 11.0 Å². The van der Waals surface area contributed by atoms with Crippen LogP contribution in [0.4, 0.5) is 0 Å². The van der Waals surface area contributed by atoms with Gasteiger partial charge in [-0.05, 0) is 17.7 Å². The first-order valence-electron chi connectivity index (χ1n) is 5.02. The molecule has 1 aromatic rings. The summed E-state index contributed by atoms with van der Waals surface area (Å²) in [6, 6.07) is 6.89. The predicted octanol–water partition coefficient (Wildman–Crippen LogP) is 4.03. The molecule has 2 atom stereocenters. The molecule has 17 heavy (non-hydrogen) atoms. The van der Waals surface area contributed by atoms with Gasteiger partial charge in [0, 0.05) is 20.0 Å². The molecule has 1 aliphatic carbocycles. The Labute approximate surface area is 116 Å². The summed E-state index contributed by atoms with van der Waals surface area (Å²) < 4.78 is 1.72. The molecule has 0 aliphatic heterocycles. The maximum absolute atomic E-state index is 11.0. The summed E-state index contributed by atoms with van der Waals surface area (Å²) in [5, 5.41) is 11.0. The molecule has 2 rings (SSSR count). The second-order valence-electron chi connectivity index (χ2n) is 3.76. The number of rotatable bonds is 2. The van der Waals surface area contributed by atoms with Gasteiger partial charge in [0.25, 0.3) is 0 Å². The fourth-order valence-corrected chi connectivity index (χ4v) is 2.50. The summed E-state index contributed by atoms with van der Waals surface area (Å²) in [4.78, 5) is 10.8. The fraction of sp³-hybridized carbons (Fsp3) is 0.167. The van der Waals surface area contributed by atoms with Gasteiger partial charge in [0.15, 0.2) is 0 Å². The molecular weight excluding hydrogens is 350 g/mol. The minimum absolute atomic E-state index is 0.209. The van der Waals surface area contributed by atoms with E-state index in [0.29, 0.717) is 0 Å². The number of hydrogen-bond donors (Lipinski definition) is 0. The number of nitro groups is 1. The second kappa shape index (κ2) is 5.14. The Hall–Kier alpha value is -0.940. The Kier molecular flexibility index (Phi) is 3.79. The van der Waals surface area contributed by atoms with Gasteiger partial charge >= 0.3 is 0 Å². The highest BCUT2D eigenvalue weighted by Gasteiger charge is 2.31. The van der Waals surface area contributed by atoms with Crippen molar-refractivity contribution in [2.75, 3.05) is 0 Å². The molecule has 0 amide bonds. The van der Waals surface area contributed by atoms with Crippen molar-refractivity contribution in [1.29, 1.82) is 0 Å². The lowest BCUT2D eigenvalue weighted by Gasteiger charge is -2.19. The SMILES string of the molecule is O=[N+]([O-])C1C=C(Br)C=CC1c1ccc(Br)cc1. The summed E-state index contributed by atoms with van der Waals surface area (Å²) >= 11 is 6.62. The van der Waals surface area contributed by atoms with E-state index in [4.69, 9.17) is 0 Å². The van der Waals surface area contributed by atoms with Crippen LogP contribution in [0.15, 0.2) is 51.4 Å². The lowest BCUT2D eigenvalue weighted by Crippen LogP contribution is -2.26. The zero-order valence-electron chi connectivity index (χ0n) is 8.72. The van der Waals surface area contributed by atoms with Crippen LogP contribution in [-0.2, 0) is 0 Å². The molecule has 0 fully saturated rings. The minimum atomic E-state index is -0.712. The van der Waals surface area contributed by atoms with Crippen LogP contribution in [0.1, 0.15) is 11.5 Å². The van der Waals surface area contributed by atoms with Crippen molar-refractivity contribution in [3.63, 3.8) is 0 Å². The average molecular weight is 359 g/mol. The Morgan fingerprint density at radius 1 is 1.18 bits per heavy atom. The first-order chi connectivity index (χ1) is 8.08. The van der Waals surface area contributed by atoms with E-state index in [1.807, 2.05) is 36.4 Å². The topological polar surface area (TPSA) is 43.1 Å². The third kappa shape index (κ3) is 2.84. The van der Waals surface area contributed by atoms with E-state index >= 15 is 0 Å². The first-order valence-corrected chi connectivity index (χ1v) is 6.61. The quantitative estimate of drug-likeness (QED) is 0.591. The van der Waals surface area contributed by atoms with Gasteiger partial charge in [-0.3, -0.25) is 10.1 Å². The summed E-state index contributed by atoms with van der Waals surface area (Å²) in [7, 11) is 0. The van der Waals surface area contributed by atoms with Crippen LogP contribution in [0.5, 0.6) is 0 Å². The van der Waals surface area contributed by atoms with Gasteiger partial charge in [0.05, 0.1) is 5.92 Å². The number of nitrogens with zero attached hydrogens (tertiary/aromatic N) is 1. The molecule has 0 bridgehead atoms. The molecule has 0 saturated carbocycles. The molecule has 5 heteroatoms. The van der Waals surface area contributed by atoms with Gasteiger partial charge < -0.3 is 0 Å². The third-order valence-corrected chi connectivity index (χ3v) is 3.72. The molecule has 0 aromatic heterocycles. The molecule has 0 saturated heterocycles. The average Bonchev–Trinajstić information content (AvgIpc) is 2.30. The molecule has 0 heterocycles. The molecular formula is C12H9Br2NO2. The van der Waals surface area contributed by atoms with Crippen LogP contribution in [0.2, 0.25) is 0 Å². The number of halogens is 2. The van der Waals surface area contributed by atoms with Crippen molar-refractivity contribution in [3.05, 3.63) is 67.1 Å². The van der Waals surface area contributed by atoms with Crippen molar-refractivity contribution in [1.82, 2.24) is 0 Å². The van der Waals surface area contributed by atoms with E-state index in [9.17, 15) is 10.1 Å². The smallest absolute Gasteiger partial charge is 0.242 e. The molecule has 2 unspecified atom stereocenters. The zero-order valence-corrected chi connectivity index (χ0v) is 11.9. The van der Waals surface area contributed by atoms with Crippen LogP contribution in [0, 0.1) is 10.1 Å². The van der Waals surface area contributed by atoms with E-state index < -0.39 is 6.04 Å². The Morgan fingerprint density at radius 2 is 1.82 bits per heavy atom. The zero-order chi connectivity index (χ0) is 12.4. The monoisotopic (exact) mass is 357 g/mol. The van der Waals surface area contributed by atoms with Crippen LogP contribution >= 0.6 is 31.9 Å². The van der Waals surface area contributed by atoms with Gasteiger partial charge in [-0.25, -0.2) is 0 Å². The second-order valence-corrected chi connectivity index (χ2v) is 5.60. The van der Waals surface area contributed by atoms with Crippen LogP contribution in [0.25, 0.3) is 0 Å².